The Hall–Kier alpha value is -3.66. The average Bonchev–Trinajstić information content (AvgIpc) is 3.28. The number of ether oxygens (including phenoxy) is 3. The Balaban J connectivity index is 1.86. The van der Waals surface area contributed by atoms with Crippen LogP contribution >= 0.6 is 38.9 Å². The summed E-state index contributed by atoms with van der Waals surface area (Å²) in [4.78, 5) is 33.3. The number of halogens is 2. The summed E-state index contributed by atoms with van der Waals surface area (Å²) in [5.74, 6) is 0.528. The van der Waals surface area contributed by atoms with E-state index in [4.69, 9.17) is 30.8 Å². The van der Waals surface area contributed by atoms with Gasteiger partial charge in [0, 0.05) is 26.2 Å². The summed E-state index contributed by atoms with van der Waals surface area (Å²) in [7, 11) is 1.53. The van der Waals surface area contributed by atoms with Crippen molar-refractivity contribution in [1.82, 2.24) is 4.57 Å². The lowest BCUT2D eigenvalue weighted by Crippen LogP contribution is -2.40. The van der Waals surface area contributed by atoms with Crippen molar-refractivity contribution in [3.05, 3.63) is 118 Å². The number of carbonyl (C=O) groups is 1. The second kappa shape index (κ2) is 12.7. The summed E-state index contributed by atoms with van der Waals surface area (Å²) in [5, 5.41) is 0.430. The van der Waals surface area contributed by atoms with E-state index in [9.17, 15) is 9.59 Å². The summed E-state index contributed by atoms with van der Waals surface area (Å²) in [6, 6.07) is 19.2. The molecule has 10 heteroatoms. The lowest BCUT2D eigenvalue weighted by atomic mass is 9.92. The van der Waals surface area contributed by atoms with E-state index in [1.54, 1.807) is 31.2 Å². The Kier molecular flexibility index (Phi) is 9.01. The van der Waals surface area contributed by atoms with E-state index in [1.807, 2.05) is 62.4 Å². The molecule has 7 nitrogen and oxygen atoms in total. The molecule has 0 bridgehead atoms. The van der Waals surface area contributed by atoms with Gasteiger partial charge in [0.25, 0.3) is 5.56 Å². The fourth-order valence-electron chi connectivity index (χ4n) is 4.79. The van der Waals surface area contributed by atoms with Crippen LogP contribution in [0.5, 0.6) is 11.5 Å². The molecule has 2 heterocycles. The van der Waals surface area contributed by atoms with Crippen molar-refractivity contribution in [1.29, 1.82) is 0 Å². The van der Waals surface area contributed by atoms with Crippen molar-refractivity contribution in [2.75, 3.05) is 13.7 Å². The first-order valence-electron chi connectivity index (χ1n) is 13.3. The van der Waals surface area contributed by atoms with Gasteiger partial charge in [0.15, 0.2) is 4.80 Å². The molecular weight excluding hydrogens is 640 g/mol. The van der Waals surface area contributed by atoms with Crippen LogP contribution in [0.15, 0.2) is 86.6 Å². The summed E-state index contributed by atoms with van der Waals surface area (Å²) < 4.78 is 20.0. The molecule has 0 aliphatic carbocycles. The first-order valence-corrected chi connectivity index (χ1v) is 15.3. The Morgan fingerprint density at radius 1 is 1.12 bits per heavy atom. The number of hydrogen-bond donors (Lipinski definition) is 0. The zero-order chi connectivity index (χ0) is 30.0. The molecule has 0 amide bonds. The summed E-state index contributed by atoms with van der Waals surface area (Å²) in [6.45, 7) is 5.77. The van der Waals surface area contributed by atoms with Crippen LogP contribution in [0.2, 0.25) is 5.02 Å². The number of thiazole rings is 1. The predicted octanol–water partition coefficient (Wildman–Crippen LogP) is 6.15. The standard InChI is InChI=1S/C32H28BrClN2O5S/c1-5-40-31(38)27-28(19-9-7-6-8-10-19)35-32-36(29(27)23-17-22(34)12-14-25(23)39-4)30(37)26(42-32)16-20-15-21(33)11-13-24(20)41-18(2)3/h6-18,29H,5H2,1-4H3/b26-16-/t29-/m0/s1. The molecule has 0 unspecified atom stereocenters. The number of benzene rings is 3. The summed E-state index contributed by atoms with van der Waals surface area (Å²) in [6.07, 6.45) is 1.73. The predicted molar refractivity (Wildman–Crippen MR) is 169 cm³/mol. The second-order valence-electron chi connectivity index (χ2n) is 9.67. The van der Waals surface area contributed by atoms with E-state index in [-0.39, 0.29) is 23.8 Å². The van der Waals surface area contributed by atoms with Crippen LogP contribution in [0.25, 0.3) is 11.8 Å². The van der Waals surface area contributed by atoms with Crippen LogP contribution in [0.3, 0.4) is 0 Å². The van der Waals surface area contributed by atoms with Crippen molar-refractivity contribution in [2.24, 2.45) is 4.99 Å². The van der Waals surface area contributed by atoms with Gasteiger partial charge < -0.3 is 14.2 Å². The zero-order valence-electron chi connectivity index (χ0n) is 23.4. The number of rotatable bonds is 8. The van der Waals surface area contributed by atoms with Crippen molar-refractivity contribution < 1.29 is 19.0 Å². The normalized spacial score (nSPS) is 14.9. The maximum absolute atomic E-state index is 14.3. The number of esters is 1. The van der Waals surface area contributed by atoms with Gasteiger partial charge in [-0.05, 0) is 63.2 Å². The van der Waals surface area contributed by atoms with E-state index in [2.05, 4.69) is 15.9 Å². The molecule has 5 rings (SSSR count). The number of carbonyl (C=O) groups excluding carboxylic acids is 1. The molecule has 1 aliphatic heterocycles. The third-order valence-corrected chi connectivity index (χ3v) is 8.19. The molecule has 4 aromatic rings. The third kappa shape index (κ3) is 5.95. The fraction of sp³-hybridized carbons (Fsp3) is 0.219. The van der Waals surface area contributed by atoms with Crippen molar-refractivity contribution in [2.45, 2.75) is 32.9 Å². The van der Waals surface area contributed by atoms with E-state index in [0.717, 1.165) is 10.0 Å². The highest BCUT2D eigenvalue weighted by Crippen LogP contribution is 2.39. The van der Waals surface area contributed by atoms with Crippen molar-refractivity contribution in [3.63, 3.8) is 0 Å². The van der Waals surface area contributed by atoms with Crippen LogP contribution in [-0.4, -0.2) is 30.4 Å². The lowest BCUT2D eigenvalue weighted by molar-refractivity contribution is -0.138. The molecule has 3 aromatic carbocycles. The molecule has 42 heavy (non-hydrogen) atoms. The molecule has 0 saturated carbocycles. The molecule has 1 aliphatic rings. The molecule has 0 fully saturated rings. The number of aromatic nitrogens is 1. The molecule has 0 spiro atoms. The minimum atomic E-state index is -0.916. The molecule has 1 atom stereocenters. The van der Waals surface area contributed by atoms with Gasteiger partial charge in [-0.3, -0.25) is 9.36 Å². The van der Waals surface area contributed by atoms with Crippen molar-refractivity contribution in [3.8, 4) is 11.5 Å². The monoisotopic (exact) mass is 666 g/mol. The van der Waals surface area contributed by atoms with Gasteiger partial charge in [0.1, 0.15) is 17.5 Å². The van der Waals surface area contributed by atoms with Crippen LogP contribution in [0.1, 0.15) is 43.5 Å². The first kappa shape index (κ1) is 29.8. The number of nitrogens with zero attached hydrogens (tertiary/aromatic N) is 2. The molecule has 0 radical (unpaired) electrons. The average molecular weight is 668 g/mol. The van der Waals surface area contributed by atoms with Gasteiger partial charge in [-0.15, -0.1) is 0 Å². The zero-order valence-corrected chi connectivity index (χ0v) is 26.5. The highest BCUT2D eigenvalue weighted by molar-refractivity contribution is 9.10. The summed E-state index contributed by atoms with van der Waals surface area (Å²) in [5.41, 5.74) is 2.29. The SMILES string of the molecule is CCOC(=O)C1=C(c2ccccc2)N=c2s/c(=C\c3cc(Br)ccc3OC(C)C)c(=O)n2[C@H]1c1cc(Cl)ccc1OC. The van der Waals surface area contributed by atoms with Gasteiger partial charge in [0.2, 0.25) is 0 Å². The minimum absolute atomic E-state index is 0.0598. The van der Waals surface area contributed by atoms with Crippen LogP contribution in [0, 0.1) is 0 Å². The third-order valence-electron chi connectivity index (χ3n) is 6.48. The highest BCUT2D eigenvalue weighted by Gasteiger charge is 2.37. The molecular formula is C32H28BrClN2O5S. The van der Waals surface area contributed by atoms with E-state index in [1.165, 1.54) is 23.0 Å². The van der Waals surface area contributed by atoms with Gasteiger partial charge in [-0.2, -0.15) is 0 Å². The number of hydrogen-bond acceptors (Lipinski definition) is 7. The Labute approximate surface area is 260 Å². The number of methoxy groups -OCH3 is 1. The summed E-state index contributed by atoms with van der Waals surface area (Å²) >= 11 is 11.2. The van der Waals surface area contributed by atoms with E-state index < -0.39 is 12.0 Å². The minimum Gasteiger partial charge on any atom is -0.496 e. The smallest absolute Gasteiger partial charge is 0.338 e. The van der Waals surface area contributed by atoms with Crippen LogP contribution in [-0.2, 0) is 9.53 Å². The van der Waals surface area contributed by atoms with E-state index in [0.29, 0.717) is 42.7 Å². The van der Waals surface area contributed by atoms with E-state index >= 15 is 0 Å². The molecule has 0 saturated heterocycles. The molecule has 0 N–H and O–H groups in total. The van der Waals surface area contributed by atoms with Crippen LogP contribution < -0.4 is 24.4 Å². The second-order valence-corrected chi connectivity index (χ2v) is 12.0. The first-order chi connectivity index (χ1) is 20.2. The lowest BCUT2D eigenvalue weighted by Gasteiger charge is -2.27. The Morgan fingerprint density at radius 2 is 1.86 bits per heavy atom. The van der Waals surface area contributed by atoms with Gasteiger partial charge in [-0.25, -0.2) is 9.79 Å². The Bertz CT molecular complexity index is 1860. The Morgan fingerprint density at radius 3 is 2.55 bits per heavy atom. The van der Waals surface area contributed by atoms with Gasteiger partial charge >= 0.3 is 5.97 Å². The fourth-order valence-corrected chi connectivity index (χ4v) is 6.34. The highest BCUT2D eigenvalue weighted by atomic mass is 79.9. The topological polar surface area (TPSA) is 79.1 Å². The quantitative estimate of drug-likeness (QED) is 0.211. The van der Waals surface area contributed by atoms with Gasteiger partial charge in [-0.1, -0.05) is 69.2 Å². The maximum atomic E-state index is 14.3. The molecule has 216 valence electrons. The molecule has 1 aromatic heterocycles. The van der Waals surface area contributed by atoms with Crippen molar-refractivity contribution >= 4 is 56.6 Å². The largest absolute Gasteiger partial charge is 0.496 e. The van der Waals surface area contributed by atoms with Gasteiger partial charge in [0.05, 0.1) is 35.6 Å². The van der Waals surface area contributed by atoms with Crippen LogP contribution in [0.4, 0.5) is 0 Å². The maximum Gasteiger partial charge on any atom is 0.338 e. The number of fused-ring (bicyclic) bond motifs is 1.